The zero-order chi connectivity index (χ0) is 19.4. The van der Waals surface area contributed by atoms with E-state index < -0.39 is 17.9 Å². The zero-order valence-electron chi connectivity index (χ0n) is 14.7. The van der Waals surface area contributed by atoms with Crippen molar-refractivity contribution in [1.29, 1.82) is 0 Å². The van der Waals surface area contributed by atoms with Crippen molar-refractivity contribution in [2.75, 3.05) is 18.6 Å². The fourth-order valence-electron chi connectivity index (χ4n) is 2.79. The molecular weight excluding hydrogens is 370 g/mol. The first-order valence-electron chi connectivity index (χ1n) is 8.39. The summed E-state index contributed by atoms with van der Waals surface area (Å²) in [6, 6.07) is 4.95. The molecule has 2 heterocycles. The Bertz CT molecular complexity index is 849. The van der Waals surface area contributed by atoms with Crippen LogP contribution in [0.3, 0.4) is 0 Å². The molecule has 1 aliphatic heterocycles. The zero-order valence-corrected chi connectivity index (χ0v) is 15.5. The summed E-state index contributed by atoms with van der Waals surface area (Å²) in [6.07, 6.45) is 1.30. The summed E-state index contributed by atoms with van der Waals surface area (Å²) in [6.45, 7) is 0.642. The molecule has 1 aromatic heterocycles. The van der Waals surface area contributed by atoms with Crippen LogP contribution >= 0.6 is 11.3 Å². The molecule has 9 heteroatoms. The molecule has 0 aliphatic carbocycles. The summed E-state index contributed by atoms with van der Waals surface area (Å²) < 4.78 is 4.76. The highest BCUT2D eigenvalue weighted by molar-refractivity contribution is 7.14. The van der Waals surface area contributed by atoms with Gasteiger partial charge in [-0.25, -0.2) is 9.78 Å². The Balaban J connectivity index is 1.67. The second kappa shape index (κ2) is 8.17. The fourth-order valence-corrected chi connectivity index (χ4v) is 3.66. The number of phenols is 1. The maximum absolute atomic E-state index is 12.4. The fraction of sp³-hybridized carbons (Fsp3) is 0.333. The Kier molecular flexibility index (Phi) is 5.70. The lowest BCUT2D eigenvalue weighted by Gasteiger charge is -2.16. The number of anilines is 1. The Hall–Kier alpha value is -2.94. The summed E-state index contributed by atoms with van der Waals surface area (Å²) in [5, 5.41) is 14.3. The van der Waals surface area contributed by atoms with E-state index in [-0.39, 0.29) is 18.1 Å². The molecule has 0 spiro atoms. The number of nitrogens with zero attached hydrogens (tertiary/aromatic N) is 2. The maximum Gasteiger partial charge on any atom is 0.333 e. The van der Waals surface area contributed by atoms with Crippen molar-refractivity contribution in [2.24, 2.45) is 0 Å². The van der Waals surface area contributed by atoms with E-state index in [0.717, 1.165) is 6.42 Å². The van der Waals surface area contributed by atoms with Gasteiger partial charge in [0.25, 0.3) is 0 Å². The average molecular weight is 389 g/mol. The molecule has 1 saturated heterocycles. The number of ether oxygens (including phenoxy) is 1. The lowest BCUT2D eigenvalue weighted by atomic mass is 10.1. The van der Waals surface area contributed by atoms with Crippen LogP contribution < -0.4 is 10.2 Å². The number of aromatic nitrogens is 1. The van der Waals surface area contributed by atoms with Crippen molar-refractivity contribution in [3.05, 3.63) is 40.9 Å². The van der Waals surface area contributed by atoms with Gasteiger partial charge in [-0.1, -0.05) is 12.1 Å². The molecule has 1 fully saturated rings. The van der Waals surface area contributed by atoms with E-state index in [1.807, 2.05) is 0 Å². The normalized spacial score (nSPS) is 14.9. The molecule has 2 aromatic rings. The van der Waals surface area contributed by atoms with Crippen LogP contribution in [0.15, 0.2) is 29.6 Å². The van der Waals surface area contributed by atoms with Crippen LogP contribution in [0.5, 0.6) is 5.75 Å². The number of carbonyl (C=O) groups is 3. The largest absolute Gasteiger partial charge is 0.508 e. The number of hydrogen-bond donors (Lipinski definition) is 2. The van der Waals surface area contributed by atoms with Crippen molar-refractivity contribution in [3.63, 3.8) is 0 Å². The molecule has 0 saturated carbocycles. The van der Waals surface area contributed by atoms with Crippen LogP contribution in [-0.2, 0) is 25.5 Å². The van der Waals surface area contributed by atoms with Gasteiger partial charge < -0.3 is 15.2 Å². The predicted octanol–water partition coefficient (Wildman–Crippen LogP) is 1.55. The Morgan fingerprint density at radius 1 is 1.37 bits per heavy atom. The molecule has 3 rings (SSSR count). The highest BCUT2D eigenvalue weighted by Gasteiger charge is 2.26. The standard InChI is InChI=1S/C18H19N3O5S/c1-26-17(25)16(11-4-6-13(22)7-5-11)20-14(23)9-12-10-27-18(19-12)21-8-2-3-15(21)24/h4-7,10,16,22H,2-3,8-9H2,1H3,(H,20,23)/t16-/m1/s1. The molecule has 27 heavy (non-hydrogen) atoms. The van der Waals surface area contributed by atoms with Gasteiger partial charge in [0.05, 0.1) is 19.2 Å². The highest BCUT2D eigenvalue weighted by Crippen LogP contribution is 2.25. The molecule has 8 nitrogen and oxygen atoms in total. The highest BCUT2D eigenvalue weighted by atomic mass is 32.1. The van der Waals surface area contributed by atoms with Gasteiger partial charge in [-0.05, 0) is 24.1 Å². The van der Waals surface area contributed by atoms with Gasteiger partial charge in [0.2, 0.25) is 11.8 Å². The van der Waals surface area contributed by atoms with Crippen LogP contribution in [-0.4, -0.2) is 41.5 Å². The number of esters is 1. The van der Waals surface area contributed by atoms with Crippen molar-refractivity contribution >= 4 is 34.3 Å². The maximum atomic E-state index is 12.4. The second-order valence-corrected chi connectivity index (χ2v) is 6.90. The lowest BCUT2D eigenvalue weighted by molar-refractivity contribution is -0.145. The molecule has 1 aliphatic rings. The number of methoxy groups -OCH3 is 1. The first kappa shape index (κ1) is 18.8. The predicted molar refractivity (Wildman–Crippen MR) is 98.4 cm³/mol. The molecule has 2 amide bonds. The van der Waals surface area contributed by atoms with Gasteiger partial charge in [0, 0.05) is 18.3 Å². The summed E-state index contributed by atoms with van der Waals surface area (Å²) in [5.41, 5.74) is 1.02. The van der Waals surface area contributed by atoms with Crippen molar-refractivity contribution < 1.29 is 24.2 Å². The molecule has 0 radical (unpaired) electrons. The smallest absolute Gasteiger partial charge is 0.333 e. The van der Waals surface area contributed by atoms with E-state index >= 15 is 0 Å². The van der Waals surface area contributed by atoms with E-state index in [2.05, 4.69) is 10.3 Å². The van der Waals surface area contributed by atoms with Gasteiger partial charge >= 0.3 is 5.97 Å². The molecule has 1 aromatic carbocycles. The van der Waals surface area contributed by atoms with Crippen molar-refractivity contribution in [3.8, 4) is 5.75 Å². The van der Waals surface area contributed by atoms with E-state index in [1.165, 1.54) is 42.7 Å². The summed E-state index contributed by atoms with van der Waals surface area (Å²) in [5.74, 6) is -0.919. The SMILES string of the molecule is COC(=O)[C@H](NC(=O)Cc1csc(N2CCCC2=O)n1)c1ccc(O)cc1. The van der Waals surface area contributed by atoms with Crippen molar-refractivity contribution in [2.45, 2.75) is 25.3 Å². The Labute approximate surface area is 159 Å². The Morgan fingerprint density at radius 2 is 2.11 bits per heavy atom. The monoisotopic (exact) mass is 389 g/mol. The molecule has 0 bridgehead atoms. The van der Waals surface area contributed by atoms with Gasteiger partial charge in [-0.15, -0.1) is 11.3 Å². The van der Waals surface area contributed by atoms with Gasteiger partial charge in [0.1, 0.15) is 5.75 Å². The Morgan fingerprint density at radius 3 is 2.74 bits per heavy atom. The van der Waals surface area contributed by atoms with Crippen LogP contribution in [0.25, 0.3) is 0 Å². The van der Waals surface area contributed by atoms with Crippen molar-refractivity contribution in [1.82, 2.24) is 10.3 Å². The third-order valence-electron chi connectivity index (χ3n) is 4.15. The number of hydrogen-bond acceptors (Lipinski definition) is 7. The molecular formula is C18H19N3O5S. The van der Waals surface area contributed by atoms with Crippen LogP contribution in [0.2, 0.25) is 0 Å². The number of nitrogens with one attached hydrogen (secondary N) is 1. The van der Waals surface area contributed by atoms with Crippen LogP contribution in [0.1, 0.15) is 30.1 Å². The van der Waals surface area contributed by atoms with Crippen LogP contribution in [0.4, 0.5) is 5.13 Å². The first-order valence-corrected chi connectivity index (χ1v) is 9.27. The average Bonchev–Trinajstić information content (AvgIpc) is 3.28. The third-order valence-corrected chi connectivity index (χ3v) is 5.07. The molecule has 1 atom stereocenters. The van der Waals surface area contributed by atoms with E-state index in [9.17, 15) is 19.5 Å². The van der Waals surface area contributed by atoms with E-state index in [0.29, 0.717) is 29.4 Å². The number of amides is 2. The summed E-state index contributed by atoms with van der Waals surface area (Å²) in [7, 11) is 1.24. The van der Waals surface area contributed by atoms with Crippen LogP contribution in [0, 0.1) is 0 Å². The minimum absolute atomic E-state index is 0.0237. The second-order valence-electron chi connectivity index (χ2n) is 6.06. The molecule has 2 N–H and O–H groups in total. The van der Waals surface area contributed by atoms with Gasteiger partial charge in [-0.3, -0.25) is 14.5 Å². The minimum atomic E-state index is -0.985. The van der Waals surface area contributed by atoms with Gasteiger partial charge in [-0.2, -0.15) is 0 Å². The molecule has 142 valence electrons. The number of rotatable bonds is 6. The molecule has 0 unspecified atom stereocenters. The number of carbonyl (C=O) groups excluding carboxylic acids is 3. The summed E-state index contributed by atoms with van der Waals surface area (Å²) in [4.78, 5) is 42.2. The number of thiazole rings is 1. The summed E-state index contributed by atoms with van der Waals surface area (Å²) >= 11 is 1.31. The minimum Gasteiger partial charge on any atom is -0.508 e. The lowest BCUT2D eigenvalue weighted by Crippen LogP contribution is -2.35. The van der Waals surface area contributed by atoms with E-state index in [1.54, 1.807) is 10.3 Å². The number of benzene rings is 1. The first-order chi connectivity index (χ1) is 13.0. The quantitative estimate of drug-likeness (QED) is 0.726. The third kappa shape index (κ3) is 4.43. The van der Waals surface area contributed by atoms with Gasteiger partial charge in [0.15, 0.2) is 11.2 Å². The number of aromatic hydroxyl groups is 1. The topological polar surface area (TPSA) is 109 Å². The van der Waals surface area contributed by atoms with E-state index in [4.69, 9.17) is 4.74 Å². The number of phenolic OH excluding ortho intramolecular Hbond substituents is 1.